The third kappa shape index (κ3) is 4.66. The molecule has 3 rings (SSSR count). The monoisotopic (exact) mass is 343 g/mol. The topological polar surface area (TPSA) is 35.6 Å². The summed E-state index contributed by atoms with van der Waals surface area (Å²) in [7, 11) is 0. The lowest BCUT2D eigenvalue weighted by Crippen LogP contribution is -2.53. The fourth-order valence-corrected chi connectivity index (χ4v) is 3.70. The van der Waals surface area contributed by atoms with Crippen LogP contribution in [0.5, 0.6) is 0 Å². The van der Waals surface area contributed by atoms with Crippen LogP contribution in [0.15, 0.2) is 47.8 Å². The Balaban J connectivity index is 1.42. The maximum Gasteiger partial charge on any atom is 0.237 e. The van der Waals surface area contributed by atoms with Crippen molar-refractivity contribution in [2.45, 2.75) is 26.1 Å². The first-order chi connectivity index (χ1) is 11.7. The molecule has 0 aliphatic carbocycles. The molecule has 1 amide bonds. The Kier molecular flexibility index (Phi) is 6.01. The molecule has 5 heteroatoms. The van der Waals surface area contributed by atoms with Crippen LogP contribution >= 0.6 is 11.3 Å². The third-order valence-electron chi connectivity index (χ3n) is 4.60. The maximum absolute atomic E-state index is 12.3. The molecule has 1 aromatic heterocycles. The Morgan fingerprint density at radius 3 is 2.54 bits per heavy atom. The van der Waals surface area contributed by atoms with E-state index in [2.05, 4.69) is 51.5 Å². The molecule has 2 heterocycles. The van der Waals surface area contributed by atoms with Gasteiger partial charge in [-0.3, -0.25) is 14.6 Å². The molecule has 0 radical (unpaired) electrons. The van der Waals surface area contributed by atoms with Gasteiger partial charge in [0.25, 0.3) is 0 Å². The molecule has 0 saturated carbocycles. The van der Waals surface area contributed by atoms with Crippen LogP contribution in [0.1, 0.15) is 17.4 Å². The van der Waals surface area contributed by atoms with Gasteiger partial charge >= 0.3 is 0 Å². The van der Waals surface area contributed by atoms with Crippen molar-refractivity contribution < 1.29 is 4.79 Å². The predicted octanol–water partition coefficient (Wildman–Crippen LogP) is 2.57. The van der Waals surface area contributed by atoms with Crippen molar-refractivity contribution in [1.29, 1.82) is 0 Å². The van der Waals surface area contributed by atoms with E-state index in [1.807, 2.05) is 18.4 Å². The van der Waals surface area contributed by atoms with Crippen molar-refractivity contribution in [3.8, 4) is 0 Å². The highest BCUT2D eigenvalue weighted by atomic mass is 32.1. The van der Waals surface area contributed by atoms with Crippen LogP contribution in [-0.2, 0) is 17.9 Å². The van der Waals surface area contributed by atoms with Crippen LogP contribution in [0.4, 0.5) is 0 Å². The quantitative estimate of drug-likeness (QED) is 0.876. The van der Waals surface area contributed by atoms with E-state index in [1.165, 1.54) is 10.4 Å². The van der Waals surface area contributed by atoms with Crippen molar-refractivity contribution in [1.82, 2.24) is 15.1 Å². The lowest BCUT2D eigenvalue weighted by atomic mass is 10.1. The number of hydrogen-bond acceptors (Lipinski definition) is 4. The molecule has 0 spiro atoms. The van der Waals surface area contributed by atoms with Gasteiger partial charge in [0.1, 0.15) is 0 Å². The van der Waals surface area contributed by atoms with Crippen LogP contribution in [0.25, 0.3) is 0 Å². The van der Waals surface area contributed by atoms with Gasteiger partial charge in [-0.1, -0.05) is 36.4 Å². The van der Waals surface area contributed by atoms with E-state index in [1.54, 1.807) is 11.3 Å². The van der Waals surface area contributed by atoms with Crippen LogP contribution < -0.4 is 5.32 Å². The Morgan fingerprint density at radius 1 is 1.12 bits per heavy atom. The lowest BCUT2D eigenvalue weighted by Gasteiger charge is -2.37. The van der Waals surface area contributed by atoms with Gasteiger partial charge in [-0.15, -0.1) is 11.3 Å². The van der Waals surface area contributed by atoms with E-state index >= 15 is 0 Å². The Bertz CT molecular complexity index is 621. The summed E-state index contributed by atoms with van der Waals surface area (Å²) < 4.78 is 0. The minimum absolute atomic E-state index is 0.0659. The molecule has 128 valence electrons. The third-order valence-corrected chi connectivity index (χ3v) is 5.48. The van der Waals surface area contributed by atoms with Gasteiger partial charge < -0.3 is 5.32 Å². The Morgan fingerprint density at radius 2 is 1.88 bits per heavy atom. The van der Waals surface area contributed by atoms with E-state index in [0.717, 1.165) is 32.7 Å². The molecular weight excluding hydrogens is 318 g/mol. The first-order valence-electron chi connectivity index (χ1n) is 8.53. The van der Waals surface area contributed by atoms with Crippen molar-refractivity contribution >= 4 is 17.2 Å². The van der Waals surface area contributed by atoms with Crippen molar-refractivity contribution in [2.75, 3.05) is 26.2 Å². The molecule has 1 atom stereocenters. The first kappa shape index (κ1) is 17.1. The Labute approximate surface area is 148 Å². The second kappa shape index (κ2) is 8.42. The molecule has 2 aromatic rings. The van der Waals surface area contributed by atoms with Gasteiger partial charge in [-0.2, -0.15) is 0 Å². The summed E-state index contributed by atoms with van der Waals surface area (Å²) in [4.78, 5) is 18.3. The Hall–Kier alpha value is -1.69. The summed E-state index contributed by atoms with van der Waals surface area (Å²) in [6.07, 6.45) is 0. The maximum atomic E-state index is 12.3. The van der Waals surface area contributed by atoms with E-state index in [0.29, 0.717) is 6.54 Å². The smallest absolute Gasteiger partial charge is 0.237 e. The molecule has 1 aromatic carbocycles. The van der Waals surface area contributed by atoms with E-state index in [4.69, 9.17) is 0 Å². The van der Waals surface area contributed by atoms with Gasteiger partial charge in [0.15, 0.2) is 0 Å². The largest absolute Gasteiger partial charge is 0.350 e. The fraction of sp³-hybridized carbons (Fsp3) is 0.421. The fourth-order valence-electron chi connectivity index (χ4n) is 3.05. The summed E-state index contributed by atoms with van der Waals surface area (Å²) in [6.45, 7) is 7.55. The van der Waals surface area contributed by atoms with Crippen LogP contribution in [0.3, 0.4) is 0 Å². The number of benzene rings is 1. The van der Waals surface area contributed by atoms with Crippen LogP contribution in [0.2, 0.25) is 0 Å². The van der Waals surface area contributed by atoms with Crippen LogP contribution in [0, 0.1) is 0 Å². The number of carbonyl (C=O) groups is 1. The van der Waals surface area contributed by atoms with Crippen LogP contribution in [-0.4, -0.2) is 47.9 Å². The second-order valence-corrected chi connectivity index (χ2v) is 7.30. The van der Waals surface area contributed by atoms with Gasteiger partial charge in [0, 0.05) is 37.6 Å². The molecule has 4 nitrogen and oxygen atoms in total. The molecule has 0 bridgehead atoms. The average Bonchev–Trinajstić information content (AvgIpc) is 3.14. The summed E-state index contributed by atoms with van der Waals surface area (Å²) in [5.74, 6) is 0.125. The molecule has 1 aliphatic heterocycles. The standard InChI is InChI=1S/C19H25N3OS/c1-16(19(23)20-14-18-8-5-13-24-18)22-11-9-21(10-12-22)15-17-6-3-2-4-7-17/h2-8,13,16H,9-12,14-15H2,1H3,(H,20,23)/t16-/m1/s1. The average molecular weight is 343 g/mol. The van der Waals surface area contributed by atoms with E-state index in [-0.39, 0.29) is 11.9 Å². The molecule has 24 heavy (non-hydrogen) atoms. The van der Waals surface area contributed by atoms with Gasteiger partial charge in [-0.05, 0) is 23.9 Å². The summed E-state index contributed by atoms with van der Waals surface area (Å²) in [5, 5.41) is 5.09. The summed E-state index contributed by atoms with van der Waals surface area (Å²) in [6, 6.07) is 14.6. The highest BCUT2D eigenvalue weighted by molar-refractivity contribution is 7.09. The summed E-state index contributed by atoms with van der Waals surface area (Å²) in [5.41, 5.74) is 1.35. The number of carbonyl (C=O) groups excluding carboxylic acids is 1. The van der Waals surface area contributed by atoms with Gasteiger partial charge in [-0.25, -0.2) is 0 Å². The van der Waals surface area contributed by atoms with Crippen molar-refractivity contribution in [3.05, 3.63) is 58.3 Å². The number of amides is 1. The zero-order valence-electron chi connectivity index (χ0n) is 14.1. The van der Waals surface area contributed by atoms with E-state index < -0.39 is 0 Å². The molecule has 1 saturated heterocycles. The highest BCUT2D eigenvalue weighted by Crippen LogP contribution is 2.12. The number of nitrogens with one attached hydrogen (secondary N) is 1. The lowest BCUT2D eigenvalue weighted by molar-refractivity contribution is -0.126. The first-order valence-corrected chi connectivity index (χ1v) is 9.41. The van der Waals surface area contributed by atoms with Gasteiger partial charge in [0.2, 0.25) is 5.91 Å². The molecule has 1 N–H and O–H groups in total. The number of piperazine rings is 1. The second-order valence-electron chi connectivity index (χ2n) is 6.27. The predicted molar refractivity (Wildman–Crippen MR) is 98.9 cm³/mol. The summed E-state index contributed by atoms with van der Waals surface area (Å²) >= 11 is 1.68. The molecule has 1 fully saturated rings. The van der Waals surface area contributed by atoms with Gasteiger partial charge in [0.05, 0.1) is 12.6 Å². The normalized spacial score (nSPS) is 17.5. The van der Waals surface area contributed by atoms with Crippen molar-refractivity contribution in [3.63, 3.8) is 0 Å². The number of hydrogen-bond donors (Lipinski definition) is 1. The number of nitrogens with zero attached hydrogens (tertiary/aromatic N) is 2. The zero-order chi connectivity index (χ0) is 16.8. The molecule has 0 unspecified atom stereocenters. The van der Waals surface area contributed by atoms with E-state index in [9.17, 15) is 4.79 Å². The SMILES string of the molecule is C[C@H](C(=O)NCc1cccs1)N1CCN(Cc2ccccc2)CC1. The highest BCUT2D eigenvalue weighted by Gasteiger charge is 2.25. The minimum Gasteiger partial charge on any atom is -0.350 e. The van der Waals surface area contributed by atoms with Crippen molar-refractivity contribution in [2.24, 2.45) is 0 Å². The molecule has 1 aliphatic rings. The number of thiophene rings is 1. The molecular formula is C19H25N3OS. The minimum atomic E-state index is -0.0659. The number of rotatable bonds is 6. The zero-order valence-corrected chi connectivity index (χ0v) is 15.0.